The van der Waals surface area contributed by atoms with Gasteiger partial charge in [0.05, 0.1) is 39.1 Å². The molecule has 0 saturated carbocycles. The van der Waals surface area contributed by atoms with E-state index in [1.54, 1.807) is 23.5 Å². The summed E-state index contributed by atoms with van der Waals surface area (Å²) in [5.74, 6) is 1.12. The predicted octanol–water partition coefficient (Wildman–Crippen LogP) is 7.99. The molecule has 2 atom stereocenters. The minimum absolute atomic E-state index is 0.0113. The number of hydrogen-bond acceptors (Lipinski definition) is 10. The molecule has 0 radical (unpaired) electrons. The zero-order chi connectivity index (χ0) is 38.4. The molecule has 4 aromatic rings. The largest absolute Gasteiger partial charge is 0.469 e. The van der Waals surface area contributed by atoms with Crippen molar-refractivity contribution in [3.8, 4) is 0 Å². The van der Waals surface area contributed by atoms with Crippen LogP contribution in [-0.4, -0.2) is 84.8 Å². The van der Waals surface area contributed by atoms with E-state index in [4.69, 9.17) is 18.9 Å². The number of esters is 2. The Balaban J connectivity index is 1.61. The number of methoxy groups -OCH3 is 2. The lowest BCUT2D eigenvalue weighted by atomic mass is 10.2. The summed E-state index contributed by atoms with van der Waals surface area (Å²) < 4.78 is 21.7. The maximum Gasteiger partial charge on any atom is 0.410 e. The Morgan fingerprint density at radius 2 is 0.815 bits per heavy atom. The molecular weight excluding hydrogens is 725 g/mol. The Hall–Kier alpha value is -4.94. The van der Waals surface area contributed by atoms with Crippen LogP contribution in [0.4, 0.5) is 9.59 Å². The van der Waals surface area contributed by atoms with Gasteiger partial charge >= 0.3 is 24.1 Å². The van der Waals surface area contributed by atoms with Crippen LogP contribution in [0.15, 0.2) is 121 Å². The highest BCUT2D eigenvalue weighted by Crippen LogP contribution is 2.22. The standard InChI is InChI=1S/C42H48N2O8S2/c1-49-39(45)25-37(31-53-29-35-19-11-5-12-20-35)43(41(47)51-27-33-15-7-3-8-16-33)23-24-44(42(48)52-28-34-17-9-4-10-18-34)38(26-40(46)50-2)32-54-30-36-21-13-6-14-22-36/h3-22,37-38H,23-32H2,1-2H3/t37-,38-/m1/s1. The van der Waals surface area contributed by atoms with Crippen molar-refractivity contribution in [3.63, 3.8) is 0 Å². The summed E-state index contributed by atoms with van der Waals surface area (Å²) in [6.07, 6.45) is -1.46. The molecule has 4 aromatic carbocycles. The van der Waals surface area contributed by atoms with E-state index in [1.807, 2.05) is 121 Å². The van der Waals surface area contributed by atoms with Gasteiger partial charge in [0, 0.05) is 36.1 Å². The van der Waals surface area contributed by atoms with Gasteiger partial charge in [0.1, 0.15) is 13.2 Å². The number of benzene rings is 4. The number of carbonyl (C=O) groups is 4. The van der Waals surface area contributed by atoms with E-state index in [9.17, 15) is 19.2 Å². The van der Waals surface area contributed by atoms with Crippen LogP contribution in [0.25, 0.3) is 0 Å². The van der Waals surface area contributed by atoms with Gasteiger partial charge in [-0.3, -0.25) is 9.59 Å². The molecule has 0 aliphatic heterocycles. The molecule has 0 fully saturated rings. The molecule has 0 bridgehead atoms. The minimum Gasteiger partial charge on any atom is -0.469 e. The number of amides is 2. The second kappa shape index (κ2) is 23.7. The average Bonchev–Trinajstić information content (AvgIpc) is 3.21. The zero-order valence-electron chi connectivity index (χ0n) is 30.7. The molecule has 0 aromatic heterocycles. The normalized spacial score (nSPS) is 11.8. The van der Waals surface area contributed by atoms with Crippen LogP contribution in [0.5, 0.6) is 0 Å². The number of rotatable bonds is 21. The van der Waals surface area contributed by atoms with Gasteiger partial charge < -0.3 is 28.7 Å². The van der Waals surface area contributed by atoms with Crippen LogP contribution in [0, 0.1) is 0 Å². The highest BCUT2D eigenvalue weighted by Gasteiger charge is 2.32. The first-order valence-corrected chi connectivity index (χ1v) is 20.0. The van der Waals surface area contributed by atoms with Gasteiger partial charge in [-0.05, 0) is 22.3 Å². The molecule has 10 nitrogen and oxygen atoms in total. The van der Waals surface area contributed by atoms with Crippen molar-refractivity contribution >= 4 is 47.6 Å². The van der Waals surface area contributed by atoms with Crippen LogP contribution < -0.4 is 0 Å². The molecule has 54 heavy (non-hydrogen) atoms. The molecule has 12 heteroatoms. The Labute approximate surface area is 326 Å². The second-order valence-corrected chi connectivity index (χ2v) is 14.4. The van der Waals surface area contributed by atoms with E-state index in [2.05, 4.69) is 0 Å². The first-order chi connectivity index (χ1) is 26.4. The molecule has 0 spiro atoms. The lowest BCUT2D eigenvalue weighted by Gasteiger charge is -2.35. The van der Waals surface area contributed by atoms with E-state index in [-0.39, 0.29) is 39.1 Å². The summed E-state index contributed by atoms with van der Waals surface area (Å²) in [4.78, 5) is 56.5. The van der Waals surface area contributed by atoms with Crippen LogP contribution in [0.3, 0.4) is 0 Å². The Bertz CT molecular complexity index is 1570. The topological polar surface area (TPSA) is 112 Å². The predicted molar refractivity (Wildman–Crippen MR) is 213 cm³/mol. The van der Waals surface area contributed by atoms with Gasteiger partial charge in [0.15, 0.2) is 0 Å². The Kier molecular flexibility index (Phi) is 18.3. The second-order valence-electron chi connectivity index (χ2n) is 12.3. The fraction of sp³-hybridized carbons (Fsp3) is 0.333. The van der Waals surface area contributed by atoms with Crippen molar-refractivity contribution in [2.24, 2.45) is 0 Å². The van der Waals surface area contributed by atoms with Gasteiger partial charge in [-0.25, -0.2) is 9.59 Å². The monoisotopic (exact) mass is 772 g/mol. The molecule has 0 heterocycles. The lowest BCUT2D eigenvalue weighted by molar-refractivity contribution is -0.142. The summed E-state index contributed by atoms with van der Waals surface area (Å²) >= 11 is 3.15. The fourth-order valence-electron chi connectivity index (χ4n) is 5.51. The minimum atomic E-state index is -0.645. The van der Waals surface area contributed by atoms with E-state index < -0.39 is 36.2 Å². The third kappa shape index (κ3) is 14.8. The highest BCUT2D eigenvalue weighted by atomic mass is 32.2. The van der Waals surface area contributed by atoms with Gasteiger partial charge in [-0.1, -0.05) is 121 Å². The van der Waals surface area contributed by atoms with E-state index in [0.29, 0.717) is 23.0 Å². The number of carbonyl (C=O) groups excluding carboxylic acids is 4. The highest BCUT2D eigenvalue weighted by molar-refractivity contribution is 7.98. The summed E-state index contributed by atoms with van der Waals surface area (Å²) in [7, 11) is 2.62. The average molecular weight is 773 g/mol. The fourth-order valence-corrected chi connectivity index (χ4v) is 7.74. The van der Waals surface area contributed by atoms with Crippen LogP contribution in [0.1, 0.15) is 35.1 Å². The molecule has 0 N–H and O–H groups in total. The molecule has 0 saturated heterocycles. The number of hydrogen-bond donors (Lipinski definition) is 0. The Morgan fingerprint density at radius 1 is 0.500 bits per heavy atom. The third-order valence-electron chi connectivity index (χ3n) is 8.45. The van der Waals surface area contributed by atoms with Crippen molar-refractivity contribution < 1.29 is 38.1 Å². The summed E-state index contributed by atoms with van der Waals surface area (Å²) in [6.45, 7) is 0.00961. The first kappa shape index (κ1) is 41.8. The van der Waals surface area contributed by atoms with Gasteiger partial charge in [-0.15, -0.1) is 0 Å². The SMILES string of the molecule is COC(=O)C[C@H](CSCc1ccccc1)N(CCN(C(=O)OCc1ccccc1)[C@@H](CSCc1ccccc1)CC(=O)OC)C(=O)OCc1ccccc1. The van der Waals surface area contributed by atoms with E-state index in [1.165, 1.54) is 24.0 Å². The van der Waals surface area contributed by atoms with Crippen molar-refractivity contribution in [3.05, 3.63) is 144 Å². The number of thioether (sulfide) groups is 2. The van der Waals surface area contributed by atoms with Crippen LogP contribution >= 0.6 is 23.5 Å². The zero-order valence-corrected chi connectivity index (χ0v) is 32.4. The van der Waals surface area contributed by atoms with E-state index in [0.717, 1.165) is 22.3 Å². The maximum absolute atomic E-state index is 14.0. The van der Waals surface area contributed by atoms with E-state index >= 15 is 0 Å². The molecule has 0 unspecified atom stereocenters. The molecule has 2 amide bonds. The molecule has 0 aliphatic rings. The molecule has 0 aliphatic carbocycles. The lowest BCUT2D eigenvalue weighted by Crippen LogP contribution is -2.51. The van der Waals surface area contributed by atoms with Gasteiger partial charge in [0.2, 0.25) is 0 Å². The maximum atomic E-state index is 14.0. The van der Waals surface area contributed by atoms with Gasteiger partial charge in [-0.2, -0.15) is 23.5 Å². The number of nitrogens with zero attached hydrogens (tertiary/aromatic N) is 2. The third-order valence-corrected chi connectivity index (χ3v) is 10.8. The molecular formula is C42H48N2O8S2. The summed E-state index contributed by atoms with van der Waals surface area (Å²) in [6, 6.07) is 37.2. The smallest absolute Gasteiger partial charge is 0.410 e. The van der Waals surface area contributed by atoms with Crippen molar-refractivity contribution in [1.29, 1.82) is 0 Å². The summed E-state index contributed by atoms with van der Waals surface area (Å²) in [5, 5.41) is 0. The van der Waals surface area contributed by atoms with Crippen LogP contribution in [0.2, 0.25) is 0 Å². The van der Waals surface area contributed by atoms with Crippen LogP contribution in [-0.2, 0) is 53.3 Å². The van der Waals surface area contributed by atoms with Gasteiger partial charge in [0.25, 0.3) is 0 Å². The summed E-state index contributed by atoms with van der Waals surface area (Å²) in [5.41, 5.74) is 3.80. The molecule has 286 valence electrons. The van der Waals surface area contributed by atoms with Crippen molar-refractivity contribution in [2.45, 2.75) is 49.6 Å². The quantitative estimate of drug-likeness (QED) is 0.0611. The molecule has 4 rings (SSSR count). The Morgan fingerprint density at radius 3 is 1.13 bits per heavy atom. The van der Waals surface area contributed by atoms with Crippen molar-refractivity contribution in [2.75, 3.05) is 38.8 Å². The number of ether oxygens (including phenoxy) is 4. The van der Waals surface area contributed by atoms with Crippen molar-refractivity contribution in [1.82, 2.24) is 9.80 Å². The first-order valence-electron chi connectivity index (χ1n) is 17.7.